The standard InChI is InChI=1S/C18H22INO3S/c1-17(2,18(3,4)16(19)23)11-6-8-12(9-7-11)20-14(21)10-13(24-5)15(20)22/h6-9,13H,10H2,1-5H3. The summed E-state index contributed by atoms with van der Waals surface area (Å²) in [6, 6.07) is 7.40. The molecule has 1 unspecified atom stereocenters. The maximum Gasteiger partial charge on any atom is 0.247 e. The first-order valence-electron chi connectivity index (χ1n) is 7.74. The molecular formula is C18H22INO3S. The lowest BCUT2D eigenvalue weighted by atomic mass is 9.65. The number of hydrogen-bond acceptors (Lipinski definition) is 4. The van der Waals surface area contributed by atoms with Gasteiger partial charge in [0.25, 0.3) is 0 Å². The van der Waals surface area contributed by atoms with Gasteiger partial charge in [0.05, 0.1) is 10.9 Å². The van der Waals surface area contributed by atoms with E-state index in [1.807, 2.05) is 68.7 Å². The smallest absolute Gasteiger partial charge is 0.247 e. The largest absolute Gasteiger partial charge is 0.287 e. The minimum absolute atomic E-state index is 0.0990. The Bertz CT molecular complexity index is 682. The number of benzene rings is 1. The van der Waals surface area contributed by atoms with Gasteiger partial charge in [-0.05, 0) is 24.0 Å². The molecule has 2 amide bonds. The third-order valence-electron chi connectivity index (χ3n) is 5.29. The summed E-state index contributed by atoms with van der Waals surface area (Å²) in [5.74, 6) is -0.309. The van der Waals surface area contributed by atoms with Crippen LogP contribution in [0.15, 0.2) is 24.3 Å². The Kier molecular flexibility index (Phi) is 5.49. The summed E-state index contributed by atoms with van der Waals surface area (Å²) < 4.78 is 0.0990. The Morgan fingerprint density at radius 1 is 1.17 bits per heavy atom. The molecular weight excluding hydrogens is 437 g/mol. The third kappa shape index (κ3) is 3.14. The lowest BCUT2D eigenvalue weighted by Gasteiger charge is -2.39. The second kappa shape index (κ2) is 6.78. The van der Waals surface area contributed by atoms with Crippen molar-refractivity contribution < 1.29 is 14.4 Å². The van der Waals surface area contributed by atoms with Crippen LogP contribution in [-0.4, -0.2) is 27.1 Å². The molecule has 1 saturated heterocycles. The van der Waals surface area contributed by atoms with Gasteiger partial charge in [0.1, 0.15) is 0 Å². The van der Waals surface area contributed by atoms with Gasteiger partial charge in [0.2, 0.25) is 11.8 Å². The normalized spacial score (nSPS) is 19.1. The van der Waals surface area contributed by atoms with E-state index < -0.39 is 5.41 Å². The summed E-state index contributed by atoms with van der Waals surface area (Å²) >= 11 is 3.25. The zero-order chi connectivity index (χ0) is 18.3. The fourth-order valence-corrected chi connectivity index (χ4v) is 3.98. The van der Waals surface area contributed by atoms with E-state index in [1.165, 1.54) is 16.7 Å². The molecule has 4 nitrogen and oxygen atoms in total. The molecule has 24 heavy (non-hydrogen) atoms. The average molecular weight is 459 g/mol. The minimum Gasteiger partial charge on any atom is -0.287 e. The number of nitrogens with zero attached hydrogens (tertiary/aromatic N) is 1. The number of imide groups is 1. The highest BCUT2D eigenvalue weighted by Crippen LogP contribution is 2.44. The molecule has 1 aliphatic heterocycles. The third-order valence-corrected chi connectivity index (χ3v) is 7.58. The number of anilines is 1. The minimum atomic E-state index is -0.529. The van der Waals surface area contributed by atoms with Crippen molar-refractivity contribution >= 4 is 55.6 Å². The van der Waals surface area contributed by atoms with Gasteiger partial charge in [-0.1, -0.05) is 39.8 Å². The summed E-state index contributed by atoms with van der Waals surface area (Å²) in [6.07, 6.45) is 2.09. The summed E-state index contributed by atoms with van der Waals surface area (Å²) in [4.78, 5) is 37.7. The molecule has 1 heterocycles. The molecule has 0 aromatic heterocycles. The van der Waals surface area contributed by atoms with E-state index in [9.17, 15) is 14.4 Å². The molecule has 0 N–H and O–H groups in total. The highest BCUT2D eigenvalue weighted by Gasteiger charge is 2.43. The monoisotopic (exact) mass is 459 g/mol. The Labute approximate surface area is 160 Å². The molecule has 0 saturated carbocycles. The van der Waals surface area contributed by atoms with E-state index in [4.69, 9.17) is 0 Å². The highest BCUT2D eigenvalue weighted by molar-refractivity contribution is 14.1. The Hall–Kier alpha value is -0.890. The molecule has 1 atom stereocenters. The topological polar surface area (TPSA) is 54.5 Å². The second-order valence-corrected chi connectivity index (χ2v) is 9.09. The molecule has 0 spiro atoms. The number of thioether (sulfide) groups is 1. The maximum absolute atomic E-state index is 12.3. The SMILES string of the molecule is CSC1CC(=O)N(c2ccc(C(C)(C)C(C)(C)C(=O)I)cc2)C1=O. The molecule has 0 radical (unpaired) electrons. The quantitative estimate of drug-likeness (QED) is 0.380. The summed E-state index contributed by atoms with van der Waals surface area (Å²) in [7, 11) is 0. The average Bonchev–Trinajstić information content (AvgIpc) is 2.81. The van der Waals surface area contributed by atoms with Crippen molar-refractivity contribution in [2.75, 3.05) is 11.2 Å². The van der Waals surface area contributed by atoms with Crippen molar-refractivity contribution in [2.24, 2.45) is 5.41 Å². The number of amides is 2. The molecule has 1 aromatic carbocycles. The van der Waals surface area contributed by atoms with Crippen molar-refractivity contribution in [2.45, 2.75) is 44.8 Å². The zero-order valence-electron chi connectivity index (χ0n) is 14.6. The van der Waals surface area contributed by atoms with Crippen LogP contribution >= 0.6 is 34.4 Å². The van der Waals surface area contributed by atoms with Gasteiger partial charge >= 0.3 is 0 Å². The van der Waals surface area contributed by atoms with Crippen molar-refractivity contribution in [1.82, 2.24) is 0 Å². The Morgan fingerprint density at radius 2 is 1.71 bits per heavy atom. The van der Waals surface area contributed by atoms with Gasteiger partial charge in [-0.2, -0.15) is 11.8 Å². The van der Waals surface area contributed by atoms with Gasteiger partial charge in [-0.3, -0.25) is 14.4 Å². The van der Waals surface area contributed by atoms with Crippen LogP contribution in [0.2, 0.25) is 0 Å². The van der Waals surface area contributed by atoms with E-state index in [2.05, 4.69) is 0 Å². The number of carbonyl (C=O) groups excluding carboxylic acids is 3. The van der Waals surface area contributed by atoms with Gasteiger partial charge < -0.3 is 0 Å². The van der Waals surface area contributed by atoms with Gasteiger partial charge in [-0.15, -0.1) is 0 Å². The van der Waals surface area contributed by atoms with E-state index in [1.54, 1.807) is 12.1 Å². The molecule has 0 bridgehead atoms. The fraction of sp³-hybridized carbons (Fsp3) is 0.500. The van der Waals surface area contributed by atoms with Crippen LogP contribution in [0.5, 0.6) is 0 Å². The van der Waals surface area contributed by atoms with E-state index in [0.29, 0.717) is 5.69 Å². The maximum atomic E-state index is 12.3. The molecule has 1 aliphatic rings. The summed E-state index contributed by atoms with van der Waals surface area (Å²) in [6.45, 7) is 7.95. The summed E-state index contributed by atoms with van der Waals surface area (Å²) in [5.41, 5.74) is 0.699. The van der Waals surface area contributed by atoms with Crippen LogP contribution in [-0.2, 0) is 19.8 Å². The first-order chi connectivity index (χ1) is 11.0. The fourth-order valence-electron chi connectivity index (χ4n) is 2.69. The first kappa shape index (κ1) is 19.4. The molecule has 130 valence electrons. The number of hydrogen-bond donors (Lipinski definition) is 0. The Balaban J connectivity index is 2.34. The van der Waals surface area contributed by atoms with Gasteiger partial charge in [0, 0.05) is 39.8 Å². The van der Waals surface area contributed by atoms with E-state index in [-0.39, 0.29) is 32.7 Å². The molecule has 0 aliphatic carbocycles. The molecule has 2 rings (SSSR count). The molecule has 1 aromatic rings. The zero-order valence-corrected chi connectivity index (χ0v) is 17.5. The van der Waals surface area contributed by atoms with Crippen LogP contribution in [0.1, 0.15) is 39.7 Å². The van der Waals surface area contributed by atoms with Gasteiger partial charge in [-0.25, -0.2) is 4.90 Å². The van der Waals surface area contributed by atoms with E-state index in [0.717, 1.165) is 5.56 Å². The number of rotatable bonds is 5. The number of halogens is 1. The van der Waals surface area contributed by atoms with Crippen LogP contribution in [0.4, 0.5) is 5.69 Å². The van der Waals surface area contributed by atoms with Crippen molar-refractivity contribution in [3.63, 3.8) is 0 Å². The molecule has 6 heteroatoms. The first-order valence-corrected chi connectivity index (χ1v) is 10.1. The predicted octanol–water partition coefficient (Wildman–Crippen LogP) is 3.95. The van der Waals surface area contributed by atoms with Crippen molar-refractivity contribution in [1.29, 1.82) is 0 Å². The lowest BCUT2D eigenvalue weighted by Crippen LogP contribution is -2.40. The van der Waals surface area contributed by atoms with Crippen LogP contribution < -0.4 is 4.90 Å². The van der Waals surface area contributed by atoms with E-state index >= 15 is 0 Å². The lowest BCUT2D eigenvalue weighted by molar-refractivity contribution is -0.121. The second-order valence-electron chi connectivity index (χ2n) is 7.07. The Morgan fingerprint density at radius 3 is 2.12 bits per heavy atom. The number of carbonyl (C=O) groups is 3. The molecule has 1 fully saturated rings. The van der Waals surface area contributed by atoms with Crippen LogP contribution in [0.25, 0.3) is 0 Å². The van der Waals surface area contributed by atoms with Crippen LogP contribution in [0.3, 0.4) is 0 Å². The highest BCUT2D eigenvalue weighted by atomic mass is 127. The van der Waals surface area contributed by atoms with Crippen LogP contribution in [0, 0.1) is 5.41 Å². The summed E-state index contributed by atoms with van der Waals surface area (Å²) in [5, 5.41) is -0.288. The predicted molar refractivity (Wildman–Crippen MR) is 107 cm³/mol. The van der Waals surface area contributed by atoms with Crippen molar-refractivity contribution in [3.05, 3.63) is 29.8 Å². The van der Waals surface area contributed by atoms with Crippen molar-refractivity contribution in [3.8, 4) is 0 Å². The van der Waals surface area contributed by atoms with Gasteiger partial charge in [0.15, 0.2) is 3.79 Å².